The molecule has 0 saturated heterocycles. The zero-order valence-electron chi connectivity index (χ0n) is 21.9. The molecular formula is C27H36N4O7S. The number of thioether (sulfide) groups is 1. The van der Waals surface area contributed by atoms with Gasteiger partial charge in [-0.05, 0) is 55.0 Å². The van der Waals surface area contributed by atoms with Crippen molar-refractivity contribution in [3.63, 3.8) is 0 Å². The van der Waals surface area contributed by atoms with Crippen LogP contribution in [-0.4, -0.2) is 81.3 Å². The monoisotopic (exact) mass is 560 g/mol. The van der Waals surface area contributed by atoms with Crippen LogP contribution >= 0.6 is 11.8 Å². The zero-order chi connectivity index (χ0) is 28.9. The van der Waals surface area contributed by atoms with Gasteiger partial charge in [0.05, 0.1) is 12.1 Å². The van der Waals surface area contributed by atoms with Gasteiger partial charge in [0.25, 0.3) is 0 Å². The van der Waals surface area contributed by atoms with E-state index in [0.717, 1.165) is 5.56 Å². The zero-order valence-corrected chi connectivity index (χ0v) is 22.7. The Bertz CT molecular complexity index is 1100. The molecule has 2 rings (SSSR count). The lowest BCUT2D eigenvalue weighted by Gasteiger charge is -2.26. The quantitative estimate of drug-likeness (QED) is 0.159. The summed E-state index contributed by atoms with van der Waals surface area (Å²) in [5.41, 5.74) is 7.52. The maximum absolute atomic E-state index is 13.3. The molecule has 212 valence electrons. The van der Waals surface area contributed by atoms with Crippen LogP contribution in [0.2, 0.25) is 0 Å². The molecule has 0 aliphatic rings. The van der Waals surface area contributed by atoms with Gasteiger partial charge in [-0.25, -0.2) is 4.79 Å². The SMILES string of the molecule is CSCCC(NC(=O)C(NC(=O)C(Cc1ccccc1)NC(=O)C(N)Cc1ccc(O)cc1)C(C)O)C(=O)O. The number of rotatable bonds is 15. The lowest BCUT2D eigenvalue weighted by atomic mass is 10.0. The maximum Gasteiger partial charge on any atom is 0.326 e. The van der Waals surface area contributed by atoms with Gasteiger partial charge in [-0.15, -0.1) is 0 Å². The van der Waals surface area contributed by atoms with Crippen molar-refractivity contribution >= 4 is 35.5 Å². The van der Waals surface area contributed by atoms with Crippen LogP contribution < -0.4 is 21.7 Å². The number of aliphatic hydroxyl groups is 1. The van der Waals surface area contributed by atoms with Crippen molar-refractivity contribution < 1.29 is 34.5 Å². The number of nitrogens with two attached hydrogens (primary N) is 1. The highest BCUT2D eigenvalue weighted by molar-refractivity contribution is 7.98. The van der Waals surface area contributed by atoms with E-state index in [1.54, 1.807) is 48.7 Å². The number of hydrogen-bond donors (Lipinski definition) is 7. The highest BCUT2D eigenvalue weighted by atomic mass is 32.2. The van der Waals surface area contributed by atoms with E-state index in [-0.39, 0.29) is 25.0 Å². The van der Waals surface area contributed by atoms with Gasteiger partial charge in [-0.3, -0.25) is 14.4 Å². The van der Waals surface area contributed by atoms with Crippen LogP contribution in [-0.2, 0) is 32.0 Å². The largest absolute Gasteiger partial charge is 0.508 e. The second-order valence-electron chi connectivity index (χ2n) is 9.14. The van der Waals surface area contributed by atoms with E-state index >= 15 is 0 Å². The van der Waals surface area contributed by atoms with Crippen LogP contribution in [0, 0.1) is 0 Å². The van der Waals surface area contributed by atoms with Gasteiger partial charge in [-0.1, -0.05) is 42.5 Å². The summed E-state index contributed by atoms with van der Waals surface area (Å²) in [6, 6.07) is 10.3. The minimum absolute atomic E-state index is 0.0734. The molecule has 0 bridgehead atoms. The van der Waals surface area contributed by atoms with Gasteiger partial charge < -0.3 is 37.0 Å². The summed E-state index contributed by atoms with van der Waals surface area (Å²) >= 11 is 1.42. The Balaban J connectivity index is 2.17. The first-order chi connectivity index (χ1) is 18.5. The first-order valence-electron chi connectivity index (χ1n) is 12.4. The predicted molar refractivity (Wildman–Crippen MR) is 148 cm³/mol. The molecular weight excluding hydrogens is 524 g/mol. The number of carboxylic acids is 1. The van der Waals surface area contributed by atoms with Crippen LogP contribution in [0.15, 0.2) is 54.6 Å². The van der Waals surface area contributed by atoms with Crippen LogP contribution in [0.1, 0.15) is 24.5 Å². The summed E-state index contributed by atoms with van der Waals surface area (Å²) in [6.07, 6.45) is 0.834. The molecule has 5 atom stereocenters. The molecule has 0 saturated carbocycles. The first-order valence-corrected chi connectivity index (χ1v) is 13.8. The molecule has 0 aliphatic carbocycles. The maximum atomic E-state index is 13.3. The van der Waals surface area contributed by atoms with Gasteiger partial charge in [0, 0.05) is 6.42 Å². The molecule has 3 amide bonds. The molecule has 39 heavy (non-hydrogen) atoms. The summed E-state index contributed by atoms with van der Waals surface area (Å²) < 4.78 is 0. The highest BCUT2D eigenvalue weighted by Crippen LogP contribution is 2.12. The molecule has 0 radical (unpaired) electrons. The second kappa shape index (κ2) is 15.7. The number of carbonyl (C=O) groups excluding carboxylic acids is 3. The second-order valence-corrected chi connectivity index (χ2v) is 10.1. The normalized spacial score (nSPS) is 14.8. The van der Waals surface area contributed by atoms with Crippen molar-refractivity contribution in [3.8, 4) is 5.75 Å². The number of carbonyl (C=O) groups is 4. The summed E-state index contributed by atoms with van der Waals surface area (Å²) in [7, 11) is 0. The van der Waals surface area contributed by atoms with Gasteiger partial charge >= 0.3 is 5.97 Å². The summed E-state index contributed by atoms with van der Waals surface area (Å²) in [5, 5.41) is 36.6. The van der Waals surface area contributed by atoms with Crippen LogP contribution in [0.3, 0.4) is 0 Å². The number of amides is 3. The summed E-state index contributed by atoms with van der Waals surface area (Å²) in [5.74, 6) is -2.89. The average molecular weight is 561 g/mol. The topological polar surface area (TPSA) is 191 Å². The van der Waals surface area contributed by atoms with E-state index in [1.165, 1.54) is 30.8 Å². The molecule has 11 nitrogen and oxygen atoms in total. The predicted octanol–water partition coefficient (Wildman–Crippen LogP) is 0.178. The number of aromatic hydroxyl groups is 1. The van der Waals surface area contributed by atoms with Crippen LogP contribution in [0.5, 0.6) is 5.75 Å². The Labute approximate surface area is 231 Å². The lowest BCUT2D eigenvalue weighted by Crippen LogP contribution is -2.60. The summed E-state index contributed by atoms with van der Waals surface area (Å²) in [6.45, 7) is 1.29. The number of aliphatic carboxylic acids is 1. The third kappa shape index (κ3) is 10.6. The molecule has 0 aliphatic heterocycles. The molecule has 0 aromatic heterocycles. The molecule has 5 unspecified atom stereocenters. The minimum atomic E-state index is -1.46. The number of phenolic OH excluding ortho intramolecular Hbond substituents is 1. The van der Waals surface area contributed by atoms with Crippen molar-refractivity contribution in [1.29, 1.82) is 0 Å². The van der Waals surface area contributed by atoms with E-state index in [2.05, 4.69) is 16.0 Å². The van der Waals surface area contributed by atoms with Crippen LogP contribution in [0.4, 0.5) is 0 Å². The van der Waals surface area contributed by atoms with Crippen molar-refractivity contribution in [2.75, 3.05) is 12.0 Å². The van der Waals surface area contributed by atoms with E-state index in [4.69, 9.17) is 5.73 Å². The smallest absolute Gasteiger partial charge is 0.326 e. The molecule has 2 aromatic rings. The van der Waals surface area contributed by atoms with Crippen LogP contribution in [0.25, 0.3) is 0 Å². The number of carboxylic acid groups (broad SMARTS) is 1. The van der Waals surface area contributed by atoms with Crippen molar-refractivity contribution in [2.45, 2.75) is 56.5 Å². The minimum Gasteiger partial charge on any atom is -0.508 e. The molecule has 0 heterocycles. The van der Waals surface area contributed by atoms with E-state index in [1.807, 2.05) is 0 Å². The Morgan fingerprint density at radius 1 is 0.846 bits per heavy atom. The van der Waals surface area contributed by atoms with Crippen molar-refractivity contribution in [1.82, 2.24) is 16.0 Å². The standard InChI is InChI=1S/C27H36N4O7S/c1-16(32)23(26(36)29-21(27(37)38)12-13-39-2)31-25(35)22(15-17-6-4-3-5-7-17)30-24(34)20(28)14-18-8-10-19(33)11-9-18/h3-11,16,20-23,32-33H,12-15,28H2,1-2H3,(H,29,36)(H,30,34)(H,31,35)(H,37,38). The van der Waals surface area contributed by atoms with Gasteiger partial charge in [0.2, 0.25) is 17.7 Å². The van der Waals surface area contributed by atoms with Gasteiger partial charge in [0.1, 0.15) is 23.9 Å². The van der Waals surface area contributed by atoms with E-state index < -0.39 is 54.0 Å². The van der Waals surface area contributed by atoms with E-state index in [9.17, 15) is 34.5 Å². The van der Waals surface area contributed by atoms with Crippen molar-refractivity contribution in [2.24, 2.45) is 5.73 Å². The fourth-order valence-corrected chi connectivity index (χ4v) is 4.20. The Morgan fingerprint density at radius 2 is 1.44 bits per heavy atom. The number of phenols is 1. The third-order valence-corrected chi connectivity index (χ3v) is 6.58. The Hall–Kier alpha value is -3.61. The Kier molecular flexibility index (Phi) is 12.7. The molecule has 0 fully saturated rings. The molecule has 12 heteroatoms. The average Bonchev–Trinajstić information content (AvgIpc) is 2.90. The molecule has 2 aromatic carbocycles. The van der Waals surface area contributed by atoms with Gasteiger partial charge in [-0.2, -0.15) is 11.8 Å². The number of aliphatic hydroxyl groups excluding tert-OH is 1. The molecule has 8 N–H and O–H groups in total. The van der Waals surface area contributed by atoms with Gasteiger partial charge in [0.15, 0.2) is 0 Å². The number of benzene rings is 2. The molecule has 0 spiro atoms. The van der Waals surface area contributed by atoms with E-state index in [0.29, 0.717) is 11.3 Å². The fourth-order valence-electron chi connectivity index (χ4n) is 3.73. The highest BCUT2D eigenvalue weighted by Gasteiger charge is 2.32. The fraction of sp³-hybridized carbons (Fsp3) is 0.407. The lowest BCUT2D eigenvalue weighted by molar-refractivity contribution is -0.143. The Morgan fingerprint density at radius 3 is 2.00 bits per heavy atom. The summed E-state index contributed by atoms with van der Waals surface area (Å²) in [4.78, 5) is 50.6. The first kappa shape index (κ1) is 31.6. The third-order valence-electron chi connectivity index (χ3n) is 5.93. The number of nitrogens with one attached hydrogen (secondary N) is 3. The number of hydrogen-bond acceptors (Lipinski definition) is 8. The van der Waals surface area contributed by atoms with Crippen molar-refractivity contribution in [3.05, 3.63) is 65.7 Å².